The van der Waals surface area contributed by atoms with Crippen LogP contribution in [0.1, 0.15) is 31.2 Å². The van der Waals surface area contributed by atoms with Gasteiger partial charge in [0.2, 0.25) is 11.8 Å². The lowest BCUT2D eigenvalue weighted by Gasteiger charge is -2.35. The van der Waals surface area contributed by atoms with Crippen LogP contribution in [0.3, 0.4) is 0 Å². The molecule has 0 unspecified atom stereocenters. The Kier molecular flexibility index (Phi) is 6.30. The average Bonchev–Trinajstić information content (AvgIpc) is 3.50. The highest BCUT2D eigenvalue weighted by molar-refractivity contribution is 5.82. The minimum absolute atomic E-state index is 0.0455. The van der Waals surface area contributed by atoms with Gasteiger partial charge in [0, 0.05) is 44.6 Å². The Balaban J connectivity index is 1.58. The van der Waals surface area contributed by atoms with E-state index in [1.54, 1.807) is 0 Å². The zero-order valence-corrected chi connectivity index (χ0v) is 16.1. The molecule has 3 rings (SSSR count). The van der Waals surface area contributed by atoms with Gasteiger partial charge in [0.1, 0.15) is 0 Å². The van der Waals surface area contributed by atoms with Crippen LogP contribution in [-0.2, 0) is 16.1 Å². The molecule has 5 heteroatoms. The largest absolute Gasteiger partial charge is 0.342 e. The third-order valence-corrected chi connectivity index (χ3v) is 5.43. The Bertz CT molecular complexity index is 605. The SMILES string of the molecule is CN(C)CCN(Cc1ccccc1)C(=O)C1CCN(C(=O)C2CC2)CC1. The Morgan fingerprint density at radius 3 is 2.19 bits per heavy atom. The first-order valence-corrected chi connectivity index (χ1v) is 9.81. The highest BCUT2D eigenvalue weighted by Gasteiger charge is 2.36. The van der Waals surface area contributed by atoms with E-state index in [0.717, 1.165) is 51.9 Å². The molecular formula is C21H31N3O2. The lowest BCUT2D eigenvalue weighted by Crippen LogP contribution is -2.45. The summed E-state index contributed by atoms with van der Waals surface area (Å²) >= 11 is 0. The zero-order valence-electron chi connectivity index (χ0n) is 16.1. The number of benzene rings is 1. The van der Waals surface area contributed by atoms with Crippen LogP contribution in [0.2, 0.25) is 0 Å². The van der Waals surface area contributed by atoms with Crippen molar-refractivity contribution in [3.05, 3.63) is 35.9 Å². The molecular weight excluding hydrogens is 326 g/mol. The Hall–Kier alpha value is -1.88. The van der Waals surface area contributed by atoms with Crippen LogP contribution in [0.25, 0.3) is 0 Å². The molecule has 26 heavy (non-hydrogen) atoms. The number of piperidine rings is 1. The lowest BCUT2D eigenvalue weighted by molar-refractivity contribution is -0.141. The molecule has 5 nitrogen and oxygen atoms in total. The van der Waals surface area contributed by atoms with Crippen LogP contribution in [0.4, 0.5) is 0 Å². The van der Waals surface area contributed by atoms with Crippen LogP contribution >= 0.6 is 0 Å². The van der Waals surface area contributed by atoms with Gasteiger partial charge in [0.05, 0.1) is 0 Å². The van der Waals surface area contributed by atoms with E-state index in [2.05, 4.69) is 17.0 Å². The minimum atomic E-state index is 0.0455. The first kappa shape index (κ1) is 18.9. The summed E-state index contributed by atoms with van der Waals surface area (Å²) < 4.78 is 0. The molecule has 1 saturated heterocycles. The molecule has 2 aliphatic rings. The van der Waals surface area contributed by atoms with Gasteiger partial charge in [-0.2, -0.15) is 0 Å². The molecule has 1 aliphatic carbocycles. The number of likely N-dealkylation sites (N-methyl/N-ethyl adjacent to an activating group) is 1. The molecule has 1 aromatic rings. The fourth-order valence-electron chi connectivity index (χ4n) is 3.59. The molecule has 2 amide bonds. The number of rotatable bonds is 7. The fourth-order valence-corrected chi connectivity index (χ4v) is 3.59. The summed E-state index contributed by atoms with van der Waals surface area (Å²) in [6.07, 6.45) is 3.69. The van der Waals surface area contributed by atoms with E-state index in [4.69, 9.17) is 0 Å². The van der Waals surface area contributed by atoms with E-state index in [9.17, 15) is 9.59 Å². The Labute approximate surface area is 156 Å². The molecule has 0 aromatic heterocycles. The van der Waals surface area contributed by atoms with Crippen LogP contribution in [0.15, 0.2) is 30.3 Å². The van der Waals surface area contributed by atoms with E-state index >= 15 is 0 Å². The summed E-state index contributed by atoms with van der Waals surface area (Å²) in [7, 11) is 4.07. The molecule has 1 aromatic carbocycles. The maximum absolute atomic E-state index is 13.1. The average molecular weight is 357 g/mol. The second-order valence-corrected chi connectivity index (χ2v) is 7.92. The molecule has 1 aliphatic heterocycles. The van der Waals surface area contributed by atoms with Crippen molar-refractivity contribution in [1.82, 2.24) is 14.7 Å². The third kappa shape index (κ3) is 5.07. The molecule has 2 fully saturated rings. The van der Waals surface area contributed by atoms with E-state index in [1.807, 2.05) is 42.1 Å². The van der Waals surface area contributed by atoms with Crippen molar-refractivity contribution in [1.29, 1.82) is 0 Å². The van der Waals surface area contributed by atoms with Gasteiger partial charge in [-0.15, -0.1) is 0 Å². The molecule has 0 bridgehead atoms. The number of hydrogen-bond acceptors (Lipinski definition) is 3. The number of likely N-dealkylation sites (tertiary alicyclic amines) is 1. The van der Waals surface area contributed by atoms with E-state index in [-0.39, 0.29) is 17.7 Å². The molecule has 0 N–H and O–H groups in total. The summed E-state index contributed by atoms with van der Waals surface area (Å²) in [6.45, 7) is 3.73. The normalized spacial score (nSPS) is 18.2. The van der Waals surface area contributed by atoms with Crippen molar-refractivity contribution < 1.29 is 9.59 Å². The predicted octanol–water partition coefficient (Wildman–Crippen LogP) is 2.23. The smallest absolute Gasteiger partial charge is 0.226 e. The van der Waals surface area contributed by atoms with Gasteiger partial charge in [0.25, 0.3) is 0 Å². The number of nitrogens with zero attached hydrogens (tertiary/aromatic N) is 3. The fraction of sp³-hybridized carbons (Fsp3) is 0.619. The van der Waals surface area contributed by atoms with Crippen molar-refractivity contribution in [3.8, 4) is 0 Å². The summed E-state index contributed by atoms with van der Waals surface area (Å²) in [5, 5.41) is 0. The highest BCUT2D eigenvalue weighted by Crippen LogP contribution is 2.32. The molecule has 1 heterocycles. The second-order valence-electron chi connectivity index (χ2n) is 7.92. The lowest BCUT2D eigenvalue weighted by atomic mass is 9.94. The van der Waals surface area contributed by atoms with Gasteiger partial charge in [-0.05, 0) is 45.3 Å². The second kappa shape index (κ2) is 8.67. The maximum atomic E-state index is 13.1. The zero-order chi connectivity index (χ0) is 18.5. The van der Waals surface area contributed by atoms with E-state index in [0.29, 0.717) is 12.5 Å². The van der Waals surface area contributed by atoms with Crippen molar-refractivity contribution in [3.63, 3.8) is 0 Å². The van der Waals surface area contributed by atoms with Crippen LogP contribution in [0, 0.1) is 11.8 Å². The molecule has 0 radical (unpaired) electrons. The quantitative estimate of drug-likeness (QED) is 0.752. The van der Waals surface area contributed by atoms with Crippen LogP contribution in [0.5, 0.6) is 0 Å². The number of amides is 2. The van der Waals surface area contributed by atoms with E-state index < -0.39 is 0 Å². The Morgan fingerprint density at radius 2 is 1.62 bits per heavy atom. The van der Waals surface area contributed by atoms with Crippen molar-refractivity contribution in [2.45, 2.75) is 32.2 Å². The first-order valence-electron chi connectivity index (χ1n) is 9.81. The van der Waals surface area contributed by atoms with Gasteiger partial charge >= 0.3 is 0 Å². The van der Waals surface area contributed by atoms with Gasteiger partial charge in [-0.1, -0.05) is 30.3 Å². The molecule has 1 saturated carbocycles. The third-order valence-electron chi connectivity index (χ3n) is 5.43. The highest BCUT2D eigenvalue weighted by atomic mass is 16.2. The first-order chi connectivity index (χ1) is 12.5. The van der Waals surface area contributed by atoms with Gasteiger partial charge in [-0.25, -0.2) is 0 Å². The number of hydrogen-bond donors (Lipinski definition) is 0. The molecule has 0 atom stereocenters. The van der Waals surface area contributed by atoms with Crippen LogP contribution in [-0.4, -0.2) is 66.8 Å². The van der Waals surface area contributed by atoms with Crippen molar-refractivity contribution >= 4 is 11.8 Å². The predicted molar refractivity (Wildman–Crippen MR) is 102 cm³/mol. The summed E-state index contributed by atoms with van der Waals surface area (Å²) in [5.41, 5.74) is 1.17. The number of carbonyl (C=O) groups is 2. The van der Waals surface area contributed by atoms with Crippen LogP contribution < -0.4 is 0 Å². The molecule has 0 spiro atoms. The van der Waals surface area contributed by atoms with E-state index in [1.165, 1.54) is 5.56 Å². The maximum Gasteiger partial charge on any atom is 0.226 e. The standard InChI is InChI=1S/C21H31N3O2/c1-22(2)14-15-24(16-17-6-4-3-5-7-17)21(26)19-10-12-23(13-11-19)20(25)18-8-9-18/h3-7,18-19H,8-16H2,1-2H3. The number of carbonyl (C=O) groups excluding carboxylic acids is 2. The minimum Gasteiger partial charge on any atom is -0.342 e. The Morgan fingerprint density at radius 1 is 0.962 bits per heavy atom. The van der Waals surface area contributed by atoms with Crippen molar-refractivity contribution in [2.24, 2.45) is 11.8 Å². The summed E-state index contributed by atoms with van der Waals surface area (Å²) in [6, 6.07) is 10.2. The topological polar surface area (TPSA) is 43.9 Å². The molecule has 142 valence electrons. The van der Waals surface area contributed by atoms with Crippen molar-refractivity contribution in [2.75, 3.05) is 40.3 Å². The van der Waals surface area contributed by atoms with Gasteiger partial charge < -0.3 is 14.7 Å². The summed E-state index contributed by atoms with van der Waals surface area (Å²) in [4.78, 5) is 31.4. The summed E-state index contributed by atoms with van der Waals surface area (Å²) in [5.74, 6) is 0.875. The monoisotopic (exact) mass is 357 g/mol. The van der Waals surface area contributed by atoms with Gasteiger partial charge in [-0.3, -0.25) is 9.59 Å². The van der Waals surface area contributed by atoms with Gasteiger partial charge in [0.15, 0.2) is 0 Å².